The van der Waals surface area contributed by atoms with Crippen LogP contribution in [0.4, 0.5) is 8.78 Å². The Balaban J connectivity index is 1.48. The highest BCUT2D eigenvalue weighted by Gasteiger charge is 2.31. The van der Waals surface area contributed by atoms with Crippen LogP contribution in [-0.4, -0.2) is 27.0 Å². The largest absolute Gasteiger partial charge is 0.421 e. The van der Waals surface area contributed by atoms with E-state index in [2.05, 4.69) is 21.6 Å². The maximum atomic E-state index is 15.9. The topological polar surface area (TPSA) is 124 Å². The molecule has 0 aliphatic heterocycles. The summed E-state index contributed by atoms with van der Waals surface area (Å²) >= 11 is 1.19. The molecule has 2 atom stereocenters. The van der Waals surface area contributed by atoms with E-state index in [0.717, 1.165) is 18.4 Å². The number of nitrogens with one attached hydrogen (secondary N) is 1. The number of carbonyl (C=O) groups is 2. The molecule has 0 bridgehead atoms. The van der Waals surface area contributed by atoms with Gasteiger partial charge in [0, 0.05) is 23.8 Å². The number of hydrogen-bond donors (Lipinski definition) is 2. The lowest BCUT2D eigenvalue weighted by atomic mass is 9.91. The third-order valence-electron chi connectivity index (χ3n) is 8.05. The van der Waals surface area contributed by atoms with E-state index < -0.39 is 17.9 Å². The van der Waals surface area contributed by atoms with E-state index in [1.165, 1.54) is 41.2 Å². The first kappa shape index (κ1) is 31.2. The average molecular weight is 642 g/mol. The molecule has 0 saturated heterocycles. The standard InChI is InChI=1S/C35H33F2N5O3S/c1-18(2)16-26-30(33(38)43)32(28-14-15-29(46-28)34(44)40-25-13-10-20-6-4-5-7-23(20)25)31(35-42-41-19(3)45-35)27(39-26)17-24(37)21-8-11-22(36)12-9-21/h4-9,11-12,14-15,18,24-25H,10,13,16-17H2,1-3H3,(H2,38,43)(H,40,44)/t24-,25-/m1/s1. The molecule has 46 heavy (non-hydrogen) atoms. The zero-order valence-electron chi connectivity index (χ0n) is 25.6. The summed E-state index contributed by atoms with van der Waals surface area (Å²) in [4.78, 5) is 32.5. The van der Waals surface area contributed by atoms with Crippen LogP contribution in [0, 0.1) is 18.7 Å². The van der Waals surface area contributed by atoms with Gasteiger partial charge < -0.3 is 15.5 Å². The van der Waals surface area contributed by atoms with Crippen LogP contribution < -0.4 is 11.1 Å². The zero-order valence-corrected chi connectivity index (χ0v) is 26.5. The molecule has 3 aromatic heterocycles. The highest BCUT2D eigenvalue weighted by atomic mass is 32.1. The van der Waals surface area contributed by atoms with Crippen molar-refractivity contribution in [2.45, 2.75) is 58.7 Å². The Bertz CT molecular complexity index is 1920. The number of primary amides is 1. The molecule has 0 fully saturated rings. The second-order valence-electron chi connectivity index (χ2n) is 11.9. The molecule has 2 amide bonds. The van der Waals surface area contributed by atoms with Crippen LogP contribution in [0.5, 0.6) is 0 Å². The number of nitrogens with two attached hydrogens (primary N) is 1. The van der Waals surface area contributed by atoms with Gasteiger partial charge in [-0.15, -0.1) is 21.5 Å². The van der Waals surface area contributed by atoms with Gasteiger partial charge >= 0.3 is 0 Å². The first-order valence-corrected chi connectivity index (χ1v) is 15.9. The zero-order chi connectivity index (χ0) is 32.5. The molecule has 0 saturated carbocycles. The van der Waals surface area contributed by atoms with Crippen LogP contribution in [0.25, 0.3) is 21.9 Å². The Kier molecular flexibility index (Phi) is 8.77. The van der Waals surface area contributed by atoms with Gasteiger partial charge in [0.15, 0.2) is 0 Å². The number of aryl methyl sites for hydroxylation is 2. The summed E-state index contributed by atoms with van der Waals surface area (Å²) in [5.41, 5.74) is 10.1. The summed E-state index contributed by atoms with van der Waals surface area (Å²) in [6.07, 6.45) is 0.292. The van der Waals surface area contributed by atoms with Gasteiger partial charge in [-0.05, 0) is 66.1 Å². The van der Waals surface area contributed by atoms with Gasteiger partial charge in [0.2, 0.25) is 11.8 Å². The molecule has 5 aromatic rings. The minimum Gasteiger partial charge on any atom is -0.421 e. The number of aromatic nitrogens is 3. The van der Waals surface area contributed by atoms with Gasteiger partial charge in [0.1, 0.15) is 12.0 Å². The van der Waals surface area contributed by atoms with E-state index in [9.17, 15) is 14.0 Å². The normalized spacial score (nSPS) is 14.8. The van der Waals surface area contributed by atoms with E-state index in [1.807, 2.05) is 32.0 Å². The molecule has 8 nitrogen and oxygen atoms in total. The van der Waals surface area contributed by atoms with Crippen molar-refractivity contribution in [3.05, 3.63) is 111 Å². The summed E-state index contributed by atoms with van der Waals surface area (Å²) in [7, 11) is 0. The first-order chi connectivity index (χ1) is 22.1. The smallest absolute Gasteiger partial charge is 0.261 e. The molecule has 6 rings (SSSR count). The molecule has 3 N–H and O–H groups in total. The second-order valence-corrected chi connectivity index (χ2v) is 13.0. The Hall–Kier alpha value is -4.77. The molecule has 11 heteroatoms. The van der Waals surface area contributed by atoms with E-state index in [1.54, 1.807) is 19.1 Å². The summed E-state index contributed by atoms with van der Waals surface area (Å²) < 4.78 is 35.3. The lowest BCUT2D eigenvalue weighted by Crippen LogP contribution is -2.26. The molecular weight excluding hydrogens is 608 g/mol. The van der Waals surface area contributed by atoms with Crippen LogP contribution in [0.3, 0.4) is 0 Å². The van der Waals surface area contributed by atoms with Crippen molar-refractivity contribution in [1.82, 2.24) is 20.5 Å². The maximum Gasteiger partial charge on any atom is 0.261 e. The molecule has 0 unspecified atom stereocenters. The molecule has 236 valence electrons. The number of amides is 2. The van der Waals surface area contributed by atoms with Crippen molar-refractivity contribution < 1.29 is 22.8 Å². The molecule has 0 spiro atoms. The van der Waals surface area contributed by atoms with Crippen LogP contribution in [0.2, 0.25) is 0 Å². The molecule has 1 aliphatic carbocycles. The quantitative estimate of drug-likeness (QED) is 0.165. The van der Waals surface area contributed by atoms with Crippen LogP contribution >= 0.6 is 11.3 Å². The van der Waals surface area contributed by atoms with E-state index in [4.69, 9.17) is 15.1 Å². The maximum absolute atomic E-state index is 15.9. The van der Waals surface area contributed by atoms with Crippen molar-refractivity contribution in [1.29, 1.82) is 0 Å². The van der Waals surface area contributed by atoms with Gasteiger partial charge in [-0.1, -0.05) is 50.2 Å². The van der Waals surface area contributed by atoms with Gasteiger partial charge in [0.05, 0.1) is 33.4 Å². The Morgan fingerprint density at radius 1 is 1.02 bits per heavy atom. The van der Waals surface area contributed by atoms with Crippen molar-refractivity contribution >= 4 is 23.2 Å². The van der Waals surface area contributed by atoms with Gasteiger partial charge in [-0.25, -0.2) is 8.78 Å². The fourth-order valence-electron chi connectivity index (χ4n) is 6.00. The summed E-state index contributed by atoms with van der Waals surface area (Å²) in [5, 5.41) is 11.4. The minimum atomic E-state index is -1.56. The third-order valence-corrected chi connectivity index (χ3v) is 9.16. The first-order valence-electron chi connectivity index (χ1n) is 15.1. The van der Waals surface area contributed by atoms with Crippen molar-refractivity contribution in [3.63, 3.8) is 0 Å². The molecule has 0 radical (unpaired) electrons. The number of alkyl halides is 1. The number of hydrogen-bond acceptors (Lipinski definition) is 7. The fourth-order valence-corrected chi connectivity index (χ4v) is 6.97. The number of pyridine rings is 1. The van der Waals surface area contributed by atoms with E-state index >= 15 is 4.39 Å². The van der Waals surface area contributed by atoms with E-state index in [-0.39, 0.29) is 58.5 Å². The monoisotopic (exact) mass is 641 g/mol. The fraction of sp³-hybridized carbons (Fsp3) is 0.286. The predicted molar refractivity (Wildman–Crippen MR) is 172 cm³/mol. The van der Waals surface area contributed by atoms with Crippen LogP contribution in [-0.2, 0) is 19.3 Å². The number of rotatable bonds is 10. The van der Waals surface area contributed by atoms with Crippen molar-refractivity contribution in [2.75, 3.05) is 0 Å². The lowest BCUT2D eigenvalue weighted by molar-refractivity contribution is 0.0939. The van der Waals surface area contributed by atoms with E-state index in [0.29, 0.717) is 27.4 Å². The van der Waals surface area contributed by atoms with Crippen LogP contribution in [0.15, 0.2) is 65.1 Å². The number of nitrogens with zero attached hydrogens (tertiary/aromatic N) is 3. The number of fused-ring (bicyclic) bond motifs is 1. The Labute approximate surface area is 269 Å². The Morgan fingerprint density at radius 3 is 2.48 bits per heavy atom. The third kappa shape index (κ3) is 6.32. The highest BCUT2D eigenvalue weighted by molar-refractivity contribution is 7.17. The number of carbonyl (C=O) groups excluding carboxylic acids is 2. The van der Waals surface area contributed by atoms with Gasteiger partial charge in [-0.2, -0.15) is 0 Å². The summed E-state index contributed by atoms with van der Waals surface area (Å²) in [6, 6.07) is 16.6. The highest BCUT2D eigenvalue weighted by Crippen LogP contribution is 2.43. The number of benzene rings is 2. The number of thiophene rings is 1. The number of halogens is 2. The van der Waals surface area contributed by atoms with Gasteiger partial charge in [0.25, 0.3) is 11.8 Å². The average Bonchev–Trinajstić information content (AvgIpc) is 3.77. The summed E-state index contributed by atoms with van der Waals surface area (Å²) in [6.45, 7) is 5.58. The molecule has 1 aliphatic rings. The van der Waals surface area contributed by atoms with Crippen LogP contribution in [0.1, 0.15) is 86.5 Å². The van der Waals surface area contributed by atoms with Crippen molar-refractivity contribution in [3.8, 4) is 21.9 Å². The minimum absolute atomic E-state index is 0.0434. The Morgan fingerprint density at radius 2 is 1.78 bits per heavy atom. The summed E-state index contributed by atoms with van der Waals surface area (Å²) in [5.74, 6) is -1.05. The second kappa shape index (κ2) is 12.9. The SMILES string of the molecule is Cc1nnc(-c2c(C[C@@H](F)c3ccc(F)cc3)nc(CC(C)C)c(C(N)=O)c2-c2ccc(C(=O)N[C@@H]3CCc4ccccc43)s2)o1. The van der Waals surface area contributed by atoms with Crippen molar-refractivity contribution in [2.24, 2.45) is 11.7 Å². The van der Waals surface area contributed by atoms with Gasteiger partial charge in [-0.3, -0.25) is 14.6 Å². The molecular formula is C35H33F2N5O3S. The lowest BCUT2D eigenvalue weighted by Gasteiger charge is -2.20. The predicted octanol–water partition coefficient (Wildman–Crippen LogP) is 7.28. The molecule has 2 aromatic carbocycles. The molecule has 3 heterocycles.